The predicted molar refractivity (Wildman–Crippen MR) is 63.4 cm³/mol. The van der Waals surface area contributed by atoms with Gasteiger partial charge in [0.25, 0.3) is 0 Å². The Morgan fingerprint density at radius 2 is 2.31 bits per heavy atom. The maximum Gasteiger partial charge on any atom is 0.338 e. The molecule has 0 atom stereocenters. The molecule has 0 aliphatic carbocycles. The summed E-state index contributed by atoms with van der Waals surface area (Å²) in [5.74, 6) is -0.948. The smallest absolute Gasteiger partial charge is 0.338 e. The Balaban J connectivity index is 2.61. The molecule has 0 amide bonds. The minimum Gasteiger partial charge on any atom is -0.478 e. The van der Waals surface area contributed by atoms with Crippen molar-refractivity contribution in [3.8, 4) is 11.3 Å². The number of carboxylic acid groups (broad SMARTS) is 1. The number of carboxylic acids is 1. The number of aromatic amines is 1. The maximum atomic E-state index is 11.0. The number of hydrogen-bond donors (Lipinski definition) is 2. The third kappa shape index (κ3) is 1.74. The van der Waals surface area contributed by atoms with Crippen LogP contribution in [0.3, 0.4) is 0 Å². The van der Waals surface area contributed by atoms with E-state index >= 15 is 0 Å². The van der Waals surface area contributed by atoms with Crippen molar-refractivity contribution < 1.29 is 9.90 Å². The molecule has 2 heterocycles. The summed E-state index contributed by atoms with van der Waals surface area (Å²) in [6.07, 6.45) is 3.35. The van der Waals surface area contributed by atoms with Crippen LogP contribution in [0.4, 0.5) is 0 Å². The van der Waals surface area contributed by atoms with Crippen molar-refractivity contribution in [3.05, 3.63) is 40.3 Å². The number of hydrogen-bond acceptors (Lipinski definition) is 2. The van der Waals surface area contributed by atoms with E-state index in [4.69, 9.17) is 5.11 Å². The summed E-state index contributed by atoms with van der Waals surface area (Å²) in [6.45, 7) is 1.73. The number of nitrogens with one attached hydrogen (secondary N) is 1. The zero-order valence-electron chi connectivity index (χ0n) is 8.49. The lowest BCUT2D eigenvalue weighted by Crippen LogP contribution is -1.97. The van der Waals surface area contributed by atoms with Gasteiger partial charge in [0.1, 0.15) is 0 Å². The van der Waals surface area contributed by atoms with Crippen LogP contribution in [0.5, 0.6) is 0 Å². The molecule has 0 fully saturated rings. The third-order valence-electron chi connectivity index (χ3n) is 2.29. The molecule has 0 unspecified atom stereocenters. The van der Waals surface area contributed by atoms with Gasteiger partial charge in [0, 0.05) is 23.7 Å². The fraction of sp³-hybridized carbons (Fsp3) is 0.0909. The number of nitrogens with zero attached hydrogens (tertiary/aromatic N) is 1. The first kappa shape index (κ1) is 10.9. The highest BCUT2D eigenvalue weighted by Gasteiger charge is 2.19. The minimum absolute atomic E-state index is 0.263. The van der Waals surface area contributed by atoms with Crippen molar-refractivity contribution in [2.45, 2.75) is 6.92 Å². The number of aryl methyl sites for hydroxylation is 1. The van der Waals surface area contributed by atoms with Crippen LogP contribution in [-0.2, 0) is 0 Å². The molecule has 2 rings (SSSR count). The fourth-order valence-electron chi connectivity index (χ4n) is 1.56. The molecule has 0 saturated carbocycles. The van der Waals surface area contributed by atoms with Crippen LogP contribution >= 0.6 is 15.9 Å². The molecule has 0 radical (unpaired) electrons. The summed E-state index contributed by atoms with van der Waals surface area (Å²) in [6, 6.07) is 3.67. The summed E-state index contributed by atoms with van der Waals surface area (Å²) < 4.78 is 0.561. The molecule has 2 N–H and O–H groups in total. The molecule has 2 aromatic rings. The van der Waals surface area contributed by atoms with Crippen LogP contribution < -0.4 is 0 Å². The average Bonchev–Trinajstić information content (AvgIpc) is 2.55. The number of aromatic nitrogens is 2. The second kappa shape index (κ2) is 4.09. The summed E-state index contributed by atoms with van der Waals surface area (Å²) in [5, 5.41) is 9.04. The van der Waals surface area contributed by atoms with Gasteiger partial charge < -0.3 is 10.1 Å². The van der Waals surface area contributed by atoms with E-state index in [2.05, 4.69) is 25.9 Å². The third-order valence-corrected chi connectivity index (χ3v) is 3.08. The molecule has 5 heteroatoms. The topological polar surface area (TPSA) is 66.0 Å². The Hall–Kier alpha value is -1.62. The number of pyridine rings is 1. The highest BCUT2D eigenvalue weighted by Crippen LogP contribution is 2.32. The number of H-pyrrole nitrogens is 1. The number of carbonyl (C=O) groups is 1. The molecule has 0 spiro atoms. The average molecular weight is 281 g/mol. The number of rotatable bonds is 2. The maximum absolute atomic E-state index is 11.0. The van der Waals surface area contributed by atoms with Gasteiger partial charge in [-0.05, 0) is 35.0 Å². The van der Waals surface area contributed by atoms with Crippen LogP contribution in [0.2, 0.25) is 0 Å². The summed E-state index contributed by atoms with van der Waals surface area (Å²) in [7, 11) is 0. The first-order valence-electron chi connectivity index (χ1n) is 4.63. The Kier molecular flexibility index (Phi) is 2.78. The molecule has 0 saturated heterocycles. The molecule has 4 nitrogen and oxygen atoms in total. The van der Waals surface area contributed by atoms with Gasteiger partial charge in [-0.15, -0.1) is 0 Å². The lowest BCUT2D eigenvalue weighted by molar-refractivity contribution is 0.0695. The van der Waals surface area contributed by atoms with Crippen LogP contribution in [0, 0.1) is 6.92 Å². The van der Waals surface area contributed by atoms with Crippen molar-refractivity contribution in [1.82, 2.24) is 9.97 Å². The van der Waals surface area contributed by atoms with Crippen LogP contribution in [0.15, 0.2) is 29.0 Å². The molecule has 0 bridgehead atoms. The first-order chi connectivity index (χ1) is 7.61. The van der Waals surface area contributed by atoms with Crippen LogP contribution in [0.1, 0.15) is 16.1 Å². The molecule has 0 aromatic carbocycles. The molecular formula is C11H9BrN2O2. The van der Waals surface area contributed by atoms with E-state index < -0.39 is 5.97 Å². The second-order valence-electron chi connectivity index (χ2n) is 3.36. The van der Waals surface area contributed by atoms with Crippen molar-refractivity contribution in [1.29, 1.82) is 0 Å². The van der Waals surface area contributed by atoms with Crippen molar-refractivity contribution in [2.75, 3.05) is 0 Å². The molecule has 2 aromatic heterocycles. The molecule has 0 aliphatic rings. The number of aromatic carboxylic acids is 1. The highest BCUT2D eigenvalue weighted by atomic mass is 79.9. The van der Waals surface area contributed by atoms with Crippen molar-refractivity contribution in [2.24, 2.45) is 0 Å². The van der Waals surface area contributed by atoms with Gasteiger partial charge in [0.05, 0.1) is 15.7 Å². The van der Waals surface area contributed by atoms with E-state index in [1.54, 1.807) is 25.4 Å². The van der Waals surface area contributed by atoms with Crippen molar-refractivity contribution in [3.63, 3.8) is 0 Å². The van der Waals surface area contributed by atoms with Gasteiger partial charge in [-0.3, -0.25) is 4.98 Å². The monoisotopic (exact) mass is 280 g/mol. The molecule has 82 valence electrons. The SMILES string of the molecule is Cc1[nH]c(-c2cccnc2)c(Br)c1C(=O)O. The second-order valence-corrected chi connectivity index (χ2v) is 4.15. The van der Waals surface area contributed by atoms with Crippen LogP contribution in [0.25, 0.3) is 11.3 Å². The lowest BCUT2D eigenvalue weighted by atomic mass is 10.2. The zero-order valence-corrected chi connectivity index (χ0v) is 10.1. The zero-order chi connectivity index (χ0) is 11.7. The number of halogens is 1. The summed E-state index contributed by atoms with van der Waals surface area (Å²) >= 11 is 3.30. The van der Waals surface area contributed by atoms with Gasteiger partial charge in [-0.1, -0.05) is 0 Å². The fourth-order valence-corrected chi connectivity index (χ4v) is 2.35. The van der Waals surface area contributed by atoms with Crippen molar-refractivity contribution >= 4 is 21.9 Å². The van der Waals surface area contributed by atoms with E-state index in [-0.39, 0.29) is 5.56 Å². The normalized spacial score (nSPS) is 10.4. The minimum atomic E-state index is -0.948. The van der Waals surface area contributed by atoms with Gasteiger partial charge in [0.2, 0.25) is 0 Å². The quantitative estimate of drug-likeness (QED) is 0.889. The largest absolute Gasteiger partial charge is 0.478 e. The lowest BCUT2D eigenvalue weighted by Gasteiger charge is -1.97. The Morgan fingerprint density at radius 3 is 2.81 bits per heavy atom. The molecule has 0 aliphatic heterocycles. The van der Waals surface area contributed by atoms with Gasteiger partial charge in [0.15, 0.2) is 0 Å². The van der Waals surface area contributed by atoms with Gasteiger partial charge >= 0.3 is 5.97 Å². The van der Waals surface area contributed by atoms with Gasteiger partial charge in [-0.25, -0.2) is 4.79 Å². The van der Waals surface area contributed by atoms with E-state index in [1.165, 1.54) is 0 Å². The molecule has 16 heavy (non-hydrogen) atoms. The standard InChI is InChI=1S/C11H9BrN2O2/c1-6-8(11(15)16)9(12)10(14-6)7-3-2-4-13-5-7/h2-5,14H,1H3,(H,15,16). The van der Waals surface area contributed by atoms with Gasteiger partial charge in [-0.2, -0.15) is 0 Å². The van der Waals surface area contributed by atoms with Crippen LogP contribution in [-0.4, -0.2) is 21.0 Å². The molecular weight excluding hydrogens is 272 g/mol. The van der Waals surface area contributed by atoms with E-state index in [0.717, 1.165) is 11.3 Å². The van der Waals surface area contributed by atoms with E-state index in [1.807, 2.05) is 6.07 Å². The summed E-state index contributed by atoms with van der Waals surface area (Å²) in [4.78, 5) is 18.1. The predicted octanol–water partition coefficient (Wildman–Crippen LogP) is 2.85. The first-order valence-corrected chi connectivity index (χ1v) is 5.42. The van der Waals surface area contributed by atoms with E-state index in [0.29, 0.717) is 10.2 Å². The Bertz CT molecular complexity index is 534. The summed E-state index contributed by atoms with van der Waals surface area (Å²) in [5.41, 5.74) is 2.48. The van der Waals surface area contributed by atoms with E-state index in [9.17, 15) is 4.79 Å². The Morgan fingerprint density at radius 1 is 1.56 bits per heavy atom. The highest BCUT2D eigenvalue weighted by molar-refractivity contribution is 9.10. The Labute approximate surface area is 100 Å².